The topological polar surface area (TPSA) is 35.5 Å². The molecule has 1 fully saturated rings. The minimum absolute atomic E-state index is 0.407. The van der Waals surface area contributed by atoms with E-state index in [9.17, 15) is 5.11 Å². The van der Waals surface area contributed by atoms with Gasteiger partial charge in [-0.1, -0.05) is 27.7 Å². The summed E-state index contributed by atoms with van der Waals surface area (Å²) in [5, 5.41) is 13.6. The lowest BCUT2D eigenvalue weighted by Gasteiger charge is -2.44. The predicted octanol–water partition coefficient (Wildman–Crippen LogP) is 3.13. The molecule has 0 aliphatic heterocycles. The summed E-state index contributed by atoms with van der Waals surface area (Å²) in [6.45, 7) is 16.0. The van der Waals surface area contributed by atoms with Gasteiger partial charge in [0.15, 0.2) is 0 Å². The molecule has 0 spiro atoms. The van der Waals surface area contributed by atoms with Gasteiger partial charge >= 0.3 is 0 Å². The molecule has 2 N–H and O–H groups in total. The van der Waals surface area contributed by atoms with E-state index >= 15 is 0 Å². The summed E-state index contributed by atoms with van der Waals surface area (Å²) >= 11 is 0. The van der Waals surface area contributed by atoms with Crippen molar-refractivity contribution in [2.24, 2.45) is 17.3 Å². The lowest BCUT2D eigenvalue weighted by atomic mass is 9.67. The van der Waals surface area contributed by atoms with Crippen LogP contribution in [0.5, 0.6) is 0 Å². The second kappa shape index (κ2) is 7.43. The zero-order valence-corrected chi connectivity index (χ0v) is 15.4. The van der Waals surface area contributed by atoms with Crippen LogP contribution in [-0.2, 0) is 0 Å². The molecule has 0 amide bonds. The first-order chi connectivity index (χ1) is 9.56. The minimum atomic E-state index is -0.608. The van der Waals surface area contributed by atoms with Gasteiger partial charge in [-0.05, 0) is 64.0 Å². The molecular weight excluding hydrogens is 260 g/mol. The molecule has 1 aliphatic rings. The van der Waals surface area contributed by atoms with E-state index in [1.165, 1.54) is 19.3 Å². The van der Waals surface area contributed by atoms with Gasteiger partial charge < -0.3 is 15.3 Å². The molecule has 3 nitrogen and oxygen atoms in total. The SMILES string of the molecule is CCN(CC1CC(C(C)(C)C)CCC1NC)CC(C)(C)O. The maximum atomic E-state index is 10.1. The van der Waals surface area contributed by atoms with Crippen LogP contribution in [0.2, 0.25) is 0 Å². The summed E-state index contributed by atoms with van der Waals surface area (Å²) in [5.41, 5.74) is -0.201. The number of hydrogen-bond donors (Lipinski definition) is 2. The Morgan fingerprint density at radius 2 is 1.76 bits per heavy atom. The van der Waals surface area contributed by atoms with Crippen LogP contribution < -0.4 is 5.32 Å². The Balaban J connectivity index is 2.70. The van der Waals surface area contributed by atoms with Gasteiger partial charge in [0.05, 0.1) is 5.60 Å². The molecule has 1 saturated carbocycles. The highest BCUT2D eigenvalue weighted by Crippen LogP contribution is 2.40. The van der Waals surface area contributed by atoms with E-state index in [0.29, 0.717) is 17.4 Å². The van der Waals surface area contributed by atoms with E-state index < -0.39 is 5.60 Å². The summed E-state index contributed by atoms with van der Waals surface area (Å²) in [6.07, 6.45) is 3.92. The molecule has 21 heavy (non-hydrogen) atoms. The highest BCUT2D eigenvalue weighted by atomic mass is 16.3. The highest BCUT2D eigenvalue weighted by molar-refractivity contribution is 4.90. The van der Waals surface area contributed by atoms with Gasteiger partial charge in [0.2, 0.25) is 0 Å². The van der Waals surface area contributed by atoms with Crippen LogP contribution in [0.4, 0.5) is 0 Å². The van der Waals surface area contributed by atoms with Crippen molar-refractivity contribution in [1.29, 1.82) is 0 Å². The summed E-state index contributed by atoms with van der Waals surface area (Å²) in [5.74, 6) is 1.50. The number of hydrogen-bond acceptors (Lipinski definition) is 3. The van der Waals surface area contributed by atoms with Crippen LogP contribution in [0, 0.1) is 17.3 Å². The van der Waals surface area contributed by atoms with Gasteiger partial charge in [0.25, 0.3) is 0 Å². The third-order valence-electron chi connectivity index (χ3n) is 5.13. The normalized spacial score (nSPS) is 28.1. The first-order valence-electron chi connectivity index (χ1n) is 8.68. The lowest BCUT2D eigenvalue weighted by Crippen LogP contribution is -2.48. The fraction of sp³-hybridized carbons (Fsp3) is 1.00. The summed E-state index contributed by atoms with van der Waals surface area (Å²) in [4.78, 5) is 2.42. The number of nitrogens with zero attached hydrogens (tertiary/aromatic N) is 1. The zero-order valence-electron chi connectivity index (χ0n) is 15.4. The van der Waals surface area contributed by atoms with E-state index in [-0.39, 0.29) is 0 Å². The number of rotatable bonds is 6. The number of nitrogens with one attached hydrogen (secondary N) is 1. The maximum absolute atomic E-state index is 10.1. The van der Waals surface area contributed by atoms with E-state index in [1.807, 2.05) is 13.8 Å². The Bertz CT molecular complexity index is 303. The molecule has 3 heteroatoms. The molecule has 0 heterocycles. The Labute approximate surface area is 132 Å². The van der Waals surface area contributed by atoms with Crippen molar-refractivity contribution in [3.63, 3.8) is 0 Å². The van der Waals surface area contributed by atoms with Gasteiger partial charge in [0, 0.05) is 19.1 Å². The zero-order chi connectivity index (χ0) is 16.3. The van der Waals surface area contributed by atoms with Crippen molar-refractivity contribution < 1.29 is 5.11 Å². The van der Waals surface area contributed by atoms with Crippen molar-refractivity contribution in [3.8, 4) is 0 Å². The lowest BCUT2D eigenvalue weighted by molar-refractivity contribution is 0.0211. The van der Waals surface area contributed by atoms with Gasteiger partial charge in [-0.15, -0.1) is 0 Å². The fourth-order valence-electron chi connectivity index (χ4n) is 3.82. The van der Waals surface area contributed by atoms with Crippen LogP contribution in [0.3, 0.4) is 0 Å². The average Bonchev–Trinajstić information content (AvgIpc) is 2.35. The van der Waals surface area contributed by atoms with Crippen LogP contribution in [0.1, 0.15) is 60.8 Å². The minimum Gasteiger partial charge on any atom is -0.389 e. The molecule has 0 saturated heterocycles. The van der Waals surface area contributed by atoms with Crippen molar-refractivity contribution in [2.75, 3.05) is 26.7 Å². The second-order valence-corrected chi connectivity index (χ2v) is 8.67. The highest BCUT2D eigenvalue weighted by Gasteiger charge is 2.36. The van der Waals surface area contributed by atoms with E-state index in [1.54, 1.807) is 0 Å². The van der Waals surface area contributed by atoms with Crippen molar-refractivity contribution in [1.82, 2.24) is 10.2 Å². The smallest absolute Gasteiger partial charge is 0.0718 e. The monoisotopic (exact) mass is 298 g/mol. The summed E-state index contributed by atoms with van der Waals surface area (Å²) in [7, 11) is 2.10. The molecule has 1 aliphatic carbocycles. The van der Waals surface area contributed by atoms with Crippen molar-refractivity contribution >= 4 is 0 Å². The summed E-state index contributed by atoms with van der Waals surface area (Å²) < 4.78 is 0. The number of likely N-dealkylation sites (N-methyl/N-ethyl adjacent to an activating group) is 1. The molecule has 0 bridgehead atoms. The van der Waals surface area contributed by atoms with Gasteiger partial charge in [-0.2, -0.15) is 0 Å². The van der Waals surface area contributed by atoms with Gasteiger partial charge in [0.1, 0.15) is 0 Å². The first-order valence-corrected chi connectivity index (χ1v) is 8.68. The van der Waals surface area contributed by atoms with E-state index in [0.717, 1.165) is 25.6 Å². The molecule has 126 valence electrons. The third-order valence-corrected chi connectivity index (χ3v) is 5.13. The van der Waals surface area contributed by atoms with E-state index in [2.05, 4.69) is 45.0 Å². The second-order valence-electron chi connectivity index (χ2n) is 8.67. The van der Waals surface area contributed by atoms with Gasteiger partial charge in [-0.3, -0.25) is 0 Å². The van der Waals surface area contributed by atoms with Crippen LogP contribution >= 0.6 is 0 Å². The standard InChI is InChI=1S/C18H38N2O/c1-8-20(13-18(5,6)21)12-14-11-15(17(2,3)4)9-10-16(14)19-7/h14-16,19,21H,8-13H2,1-7H3. The maximum Gasteiger partial charge on any atom is 0.0718 e. The Kier molecular flexibility index (Phi) is 6.70. The molecular formula is C18H38N2O. The average molecular weight is 299 g/mol. The van der Waals surface area contributed by atoms with Gasteiger partial charge in [-0.25, -0.2) is 0 Å². The molecule has 0 radical (unpaired) electrons. The van der Waals surface area contributed by atoms with Crippen molar-refractivity contribution in [3.05, 3.63) is 0 Å². The Morgan fingerprint density at radius 3 is 2.19 bits per heavy atom. The van der Waals surface area contributed by atoms with Crippen molar-refractivity contribution in [2.45, 2.75) is 72.4 Å². The molecule has 1 rings (SSSR count). The molecule has 3 unspecified atom stereocenters. The molecule has 3 atom stereocenters. The predicted molar refractivity (Wildman–Crippen MR) is 91.5 cm³/mol. The molecule has 0 aromatic rings. The quantitative estimate of drug-likeness (QED) is 0.791. The fourth-order valence-corrected chi connectivity index (χ4v) is 3.82. The number of aliphatic hydroxyl groups is 1. The Hall–Kier alpha value is -0.120. The largest absolute Gasteiger partial charge is 0.389 e. The first kappa shape index (κ1) is 18.9. The molecule has 0 aromatic heterocycles. The van der Waals surface area contributed by atoms with Crippen LogP contribution in [0.25, 0.3) is 0 Å². The van der Waals surface area contributed by atoms with Crippen LogP contribution in [-0.4, -0.2) is 48.3 Å². The van der Waals surface area contributed by atoms with E-state index in [4.69, 9.17) is 0 Å². The summed E-state index contributed by atoms with van der Waals surface area (Å²) in [6, 6.07) is 0.624. The van der Waals surface area contributed by atoms with Crippen LogP contribution in [0.15, 0.2) is 0 Å². The Morgan fingerprint density at radius 1 is 1.14 bits per heavy atom. The third kappa shape index (κ3) is 6.25. The molecule has 0 aromatic carbocycles.